The Bertz CT molecular complexity index is 605. The Balaban J connectivity index is 2.24. The van der Waals surface area contributed by atoms with Crippen LogP contribution < -0.4 is 4.74 Å². The Labute approximate surface area is 91.6 Å². The quantitative estimate of drug-likeness (QED) is 0.670. The van der Waals surface area contributed by atoms with E-state index in [1.165, 1.54) is 6.21 Å². The molecular weight excluding hydrogens is 204 g/mol. The number of benzene rings is 1. The topological polar surface area (TPSA) is 51.5 Å². The van der Waals surface area contributed by atoms with Crippen molar-refractivity contribution in [3.8, 4) is 5.88 Å². The Kier molecular flexibility index (Phi) is 1.93. The molecule has 2 heterocycles. The molecule has 0 aliphatic carbocycles. The Hall–Kier alpha value is -2.23. The number of rotatable bonds is 0. The van der Waals surface area contributed by atoms with Crippen molar-refractivity contribution in [2.45, 2.75) is 0 Å². The smallest absolute Gasteiger partial charge is 0.240 e. The molecule has 1 aromatic heterocycles. The van der Waals surface area contributed by atoms with E-state index in [-0.39, 0.29) is 12.4 Å². The second kappa shape index (κ2) is 3.41. The molecule has 4 heteroatoms. The first kappa shape index (κ1) is 9.03. The Morgan fingerprint density at radius 1 is 1.25 bits per heavy atom. The SMILES string of the molecule is O=C1C=Nc2cc3ccccc3nc2OC1. The van der Waals surface area contributed by atoms with E-state index in [0.717, 1.165) is 10.9 Å². The number of pyridine rings is 1. The summed E-state index contributed by atoms with van der Waals surface area (Å²) in [6, 6.07) is 9.56. The van der Waals surface area contributed by atoms with Crippen molar-refractivity contribution in [3.63, 3.8) is 0 Å². The number of fused-ring (bicyclic) bond motifs is 2. The van der Waals surface area contributed by atoms with Crippen LogP contribution in [0.5, 0.6) is 5.88 Å². The van der Waals surface area contributed by atoms with Gasteiger partial charge in [-0.2, -0.15) is 0 Å². The molecule has 0 unspecified atom stereocenters. The molecule has 0 saturated heterocycles. The first-order valence-corrected chi connectivity index (χ1v) is 4.92. The molecule has 0 radical (unpaired) electrons. The van der Waals surface area contributed by atoms with Crippen molar-refractivity contribution in [3.05, 3.63) is 30.3 Å². The first-order valence-electron chi connectivity index (χ1n) is 4.92. The number of hydrogen-bond acceptors (Lipinski definition) is 4. The fourth-order valence-electron chi connectivity index (χ4n) is 1.60. The monoisotopic (exact) mass is 212 g/mol. The number of aromatic nitrogens is 1. The molecule has 3 rings (SSSR count). The summed E-state index contributed by atoms with van der Waals surface area (Å²) >= 11 is 0. The highest BCUT2D eigenvalue weighted by Gasteiger charge is 2.12. The second-order valence-corrected chi connectivity index (χ2v) is 3.52. The number of carbonyl (C=O) groups is 1. The predicted octanol–water partition coefficient (Wildman–Crippen LogP) is 1.90. The summed E-state index contributed by atoms with van der Waals surface area (Å²) in [7, 11) is 0. The number of ether oxygens (including phenoxy) is 1. The molecule has 16 heavy (non-hydrogen) atoms. The molecular formula is C12H8N2O2. The van der Waals surface area contributed by atoms with E-state index < -0.39 is 0 Å². The molecule has 0 saturated carbocycles. The lowest BCUT2D eigenvalue weighted by atomic mass is 10.2. The van der Waals surface area contributed by atoms with Gasteiger partial charge in [0.05, 0.1) is 11.7 Å². The molecule has 1 aliphatic heterocycles. The molecule has 4 nitrogen and oxygen atoms in total. The van der Waals surface area contributed by atoms with Gasteiger partial charge in [-0.15, -0.1) is 0 Å². The van der Waals surface area contributed by atoms with Gasteiger partial charge < -0.3 is 4.74 Å². The predicted molar refractivity (Wildman–Crippen MR) is 60.4 cm³/mol. The van der Waals surface area contributed by atoms with E-state index in [0.29, 0.717) is 11.6 Å². The van der Waals surface area contributed by atoms with Gasteiger partial charge in [0.25, 0.3) is 0 Å². The van der Waals surface area contributed by atoms with Crippen LogP contribution in [0.1, 0.15) is 0 Å². The van der Waals surface area contributed by atoms with E-state index in [1.807, 2.05) is 30.3 Å². The van der Waals surface area contributed by atoms with Crippen LogP contribution in [0.15, 0.2) is 35.3 Å². The molecule has 0 amide bonds. The lowest BCUT2D eigenvalue weighted by molar-refractivity contribution is -0.114. The lowest BCUT2D eigenvalue weighted by Gasteiger charge is -2.05. The lowest BCUT2D eigenvalue weighted by Crippen LogP contribution is -2.10. The van der Waals surface area contributed by atoms with E-state index in [9.17, 15) is 4.79 Å². The zero-order valence-electron chi connectivity index (χ0n) is 8.38. The highest BCUT2D eigenvalue weighted by molar-refractivity contribution is 6.29. The van der Waals surface area contributed by atoms with Gasteiger partial charge in [0.2, 0.25) is 11.7 Å². The van der Waals surface area contributed by atoms with E-state index in [4.69, 9.17) is 4.74 Å². The van der Waals surface area contributed by atoms with Gasteiger partial charge in [-0.25, -0.2) is 9.98 Å². The largest absolute Gasteiger partial charge is 0.468 e. The van der Waals surface area contributed by atoms with Crippen molar-refractivity contribution in [1.29, 1.82) is 0 Å². The number of ketones is 1. The third-order valence-corrected chi connectivity index (χ3v) is 2.37. The van der Waals surface area contributed by atoms with Crippen LogP contribution >= 0.6 is 0 Å². The number of Topliss-reactive ketones (excluding diaryl/α,β-unsaturated/α-hetero) is 1. The second-order valence-electron chi connectivity index (χ2n) is 3.52. The number of hydrogen-bond donors (Lipinski definition) is 0. The van der Waals surface area contributed by atoms with Crippen molar-refractivity contribution >= 4 is 28.6 Å². The molecule has 0 fully saturated rings. The van der Waals surface area contributed by atoms with E-state index in [2.05, 4.69) is 9.98 Å². The number of aliphatic imine (C=N–C) groups is 1. The summed E-state index contributed by atoms with van der Waals surface area (Å²) in [6.45, 7) is 0.00183. The Morgan fingerprint density at radius 3 is 3.06 bits per heavy atom. The molecule has 78 valence electrons. The van der Waals surface area contributed by atoms with Gasteiger partial charge in [-0.1, -0.05) is 18.2 Å². The summed E-state index contributed by atoms with van der Waals surface area (Å²) in [6.07, 6.45) is 1.28. The minimum absolute atomic E-state index is 0.00183. The van der Waals surface area contributed by atoms with Gasteiger partial charge in [-0.05, 0) is 12.1 Å². The maximum atomic E-state index is 11.1. The van der Waals surface area contributed by atoms with Crippen LogP contribution in [0.3, 0.4) is 0 Å². The average Bonchev–Trinajstić information content (AvgIpc) is 2.49. The molecule has 0 atom stereocenters. The minimum Gasteiger partial charge on any atom is -0.468 e. The highest BCUT2D eigenvalue weighted by Crippen LogP contribution is 2.30. The highest BCUT2D eigenvalue weighted by atomic mass is 16.5. The molecule has 2 aromatic rings. The van der Waals surface area contributed by atoms with E-state index in [1.54, 1.807) is 0 Å². The normalized spacial score (nSPS) is 14.4. The van der Waals surface area contributed by atoms with Gasteiger partial charge >= 0.3 is 0 Å². The maximum absolute atomic E-state index is 11.1. The van der Waals surface area contributed by atoms with Crippen molar-refractivity contribution in [1.82, 2.24) is 4.98 Å². The third-order valence-electron chi connectivity index (χ3n) is 2.37. The molecule has 0 bridgehead atoms. The number of nitrogens with zero attached hydrogens (tertiary/aromatic N) is 2. The van der Waals surface area contributed by atoms with Crippen LogP contribution in [-0.4, -0.2) is 23.6 Å². The molecule has 0 spiro atoms. The van der Waals surface area contributed by atoms with Crippen LogP contribution in [-0.2, 0) is 4.79 Å². The number of carbonyl (C=O) groups excluding carboxylic acids is 1. The summed E-state index contributed by atoms with van der Waals surface area (Å²) in [4.78, 5) is 19.5. The van der Waals surface area contributed by atoms with Crippen molar-refractivity contribution < 1.29 is 9.53 Å². The summed E-state index contributed by atoms with van der Waals surface area (Å²) in [5, 5.41) is 0.983. The summed E-state index contributed by atoms with van der Waals surface area (Å²) in [5.74, 6) is 0.267. The summed E-state index contributed by atoms with van der Waals surface area (Å²) < 4.78 is 5.28. The molecule has 1 aromatic carbocycles. The van der Waals surface area contributed by atoms with Crippen LogP contribution in [0.2, 0.25) is 0 Å². The average molecular weight is 212 g/mol. The molecule has 0 N–H and O–H groups in total. The van der Waals surface area contributed by atoms with Gasteiger partial charge in [0.1, 0.15) is 5.69 Å². The zero-order chi connectivity index (χ0) is 11.0. The van der Waals surface area contributed by atoms with Crippen molar-refractivity contribution in [2.75, 3.05) is 6.61 Å². The Morgan fingerprint density at radius 2 is 2.12 bits per heavy atom. The fraction of sp³-hybridized carbons (Fsp3) is 0.0833. The van der Waals surface area contributed by atoms with Gasteiger partial charge in [0, 0.05) is 5.39 Å². The third kappa shape index (κ3) is 1.44. The van der Waals surface area contributed by atoms with Crippen LogP contribution in [0.25, 0.3) is 10.9 Å². The fourth-order valence-corrected chi connectivity index (χ4v) is 1.60. The van der Waals surface area contributed by atoms with Gasteiger partial charge in [0.15, 0.2) is 6.61 Å². The zero-order valence-corrected chi connectivity index (χ0v) is 8.38. The first-order chi connectivity index (χ1) is 7.83. The number of para-hydroxylation sites is 1. The van der Waals surface area contributed by atoms with E-state index >= 15 is 0 Å². The minimum atomic E-state index is -0.151. The van der Waals surface area contributed by atoms with Crippen molar-refractivity contribution in [2.24, 2.45) is 4.99 Å². The van der Waals surface area contributed by atoms with Crippen LogP contribution in [0.4, 0.5) is 5.69 Å². The molecule has 1 aliphatic rings. The van der Waals surface area contributed by atoms with Gasteiger partial charge in [-0.3, -0.25) is 4.79 Å². The van der Waals surface area contributed by atoms with Crippen LogP contribution in [0, 0.1) is 0 Å². The standard InChI is InChI=1S/C12H8N2O2/c15-9-6-13-11-5-8-3-1-2-4-10(8)14-12(11)16-7-9/h1-6H,7H2. The summed E-state index contributed by atoms with van der Waals surface area (Å²) in [5.41, 5.74) is 1.44. The maximum Gasteiger partial charge on any atom is 0.240 e.